The van der Waals surface area contributed by atoms with Crippen molar-refractivity contribution in [2.45, 2.75) is 51.2 Å². The molecule has 0 spiro atoms. The van der Waals surface area contributed by atoms with Gasteiger partial charge in [-0.15, -0.1) is 0 Å². The molecule has 1 saturated heterocycles. The topological polar surface area (TPSA) is 73.2 Å². The smallest absolute Gasteiger partial charge is 0.250 e. The minimum Gasteiger partial charge on any atom is -0.385 e. The number of aliphatic imine (C=N–C) groups is 1. The number of amidine groups is 1. The normalized spacial score (nSPS) is 26.0. The number of fused-ring (bicyclic) bond motifs is 1. The van der Waals surface area contributed by atoms with Crippen LogP contribution in [0.2, 0.25) is 0 Å². The lowest BCUT2D eigenvalue weighted by atomic mass is 9.81. The van der Waals surface area contributed by atoms with E-state index in [2.05, 4.69) is 4.99 Å². The van der Waals surface area contributed by atoms with Crippen molar-refractivity contribution in [3.63, 3.8) is 0 Å². The molecule has 1 aromatic rings. The maximum absolute atomic E-state index is 13.5. The Morgan fingerprint density at radius 2 is 1.86 bits per heavy atom. The third kappa shape index (κ3) is 3.31. The molecule has 6 nitrogen and oxygen atoms in total. The van der Waals surface area contributed by atoms with E-state index < -0.39 is 11.1 Å². The van der Waals surface area contributed by atoms with Crippen LogP contribution in [0.3, 0.4) is 0 Å². The first kappa shape index (κ1) is 19.6. The highest BCUT2D eigenvalue weighted by molar-refractivity contribution is 6.09. The van der Waals surface area contributed by atoms with E-state index in [1.54, 1.807) is 4.90 Å². The number of aryl methyl sites for hydroxylation is 1. The van der Waals surface area contributed by atoms with Crippen LogP contribution in [0.4, 0.5) is 0 Å². The Balaban J connectivity index is 1.54. The lowest BCUT2D eigenvalue weighted by Crippen LogP contribution is -2.62. The van der Waals surface area contributed by atoms with Crippen LogP contribution >= 0.6 is 0 Å². The molecule has 29 heavy (non-hydrogen) atoms. The van der Waals surface area contributed by atoms with E-state index >= 15 is 0 Å². The van der Waals surface area contributed by atoms with Gasteiger partial charge in [0.05, 0.1) is 12.0 Å². The first-order chi connectivity index (χ1) is 13.7. The molecule has 0 bridgehead atoms. The van der Waals surface area contributed by atoms with Crippen LogP contribution in [-0.2, 0) is 15.2 Å². The van der Waals surface area contributed by atoms with Gasteiger partial charge in [0.15, 0.2) is 0 Å². The number of hydrogen-bond donors (Lipinski definition) is 1. The fraction of sp³-hybridized carbons (Fsp3) is 0.435. The molecule has 2 amide bonds. The number of piperidine rings is 1. The Bertz CT molecular complexity index is 954. The van der Waals surface area contributed by atoms with Gasteiger partial charge in [-0.25, -0.2) is 0 Å². The molecule has 3 aliphatic heterocycles. The lowest BCUT2D eigenvalue weighted by Gasteiger charge is -2.47. The minimum atomic E-state index is -1.00. The van der Waals surface area contributed by atoms with E-state index in [9.17, 15) is 14.7 Å². The summed E-state index contributed by atoms with van der Waals surface area (Å²) in [6, 6.07) is 7.86. The second kappa shape index (κ2) is 6.95. The van der Waals surface area contributed by atoms with Gasteiger partial charge >= 0.3 is 0 Å². The molecule has 6 heteroatoms. The van der Waals surface area contributed by atoms with Gasteiger partial charge in [0.1, 0.15) is 11.4 Å². The van der Waals surface area contributed by atoms with E-state index in [0.717, 1.165) is 16.7 Å². The van der Waals surface area contributed by atoms with E-state index in [0.29, 0.717) is 31.8 Å². The van der Waals surface area contributed by atoms with Gasteiger partial charge in [0, 0.05) is 19.3 Å². The fourth-order valence-electron chi connectivity index (χ4n) is 4.60. The van der Waals surface area contributed by atoms with Crippen molar-refractivity contribution in [2.24, 2.45) is 4.99 Å². The number of rotatable bonds is 2. The number of benzene rings is 1. The molecule has 0 aliphatic carbocycles. The molecule has 0 unspecified atom stereocenters. The number of carbonyl (C=O) groups excluding carboxylic acids is 2. The summed E-state index contributed by atoms with van der Waals surface area (Å²) in [6.45, 7) is 6.64. The Hall–Kier alpha value is -2.73. The Morgan fingerprint density at radius 1 is 1.17 bits per heavy atom. The van der Waals surface area contributed by atoms with Gasteiger partial charge in [0.25, 0.3) is 5.91 Å². The maximum Gasteiger partial charge on any atom is 0.250 e. The lowest BCUT2D eigenvalue weighted by molar-refractivity contribution is -0.147. The molecule has 0 radical (unpaired) electrons. The number of aliphatic hydroxyl groups is 1. The minimum absolute atomic E-state index is 0.0467. The number of nitrogens with zero attached hydrogens (tertiary/aromatic N) is 3. The van der Waals surface area contributed by atoms with E-state index in [1.165, 1.54) is 0 Å². The number of hydrogen-bond acceptors (Lipinski definition) is 4. The summed E-state index contributed by atoms with van der Waals surface area (Å²) in [5, 5.41) is 11.2. The van der Waals surface area contributed by atoms with E-state index in [1.807, 2.05) is 68.3 Å². The molecular weight excluding hydrogens is 366 g/mol. The average molecular weight is 393 g/mol. The fourth-order valence-corrected chi connectivity index (χ4v) is 4.60. The Morgan fingerprint density at radius 3 is 2.55 bits per heavy atom. The molecule has 152 valence electrons. The van der Waals surface area contributed by atoms with Crippen molar-refractivity contribution in [2.75, 3.05) is 13.1 Å². The van der Waals surface area contributed by atoms with Crippen molar-refractivity contribution in [1.29, 1.82) is 0 Å². The molecule has 0 saturated carbocycles. The molecule has 1 fully saturated rings. The van der Waals surface area contributed by atoms with Crippen LogP contribution < -0.4 is 0 Å². The predicted octanol–water partition coefficient (Wildman–Crippen LogP) is 2.67. The molecule has 4 rings (SSSR count). The second-order valence-corrected chi connectivity index (χ2v) is 8.53. The zero-order chi connectivity index (χ0) is 20.8. The molecule has 0 aromatic heterocycles. The van der Waals surface area contributed by atoms with Crippen molar-refractivity contribution >= 4 is 17.6 Å². The van der Waals surface area contributed by atoms with Crippen LogP contribution in [0.1, 0.15) is 44.2 Å². The zero-order valence-corrected chi connectivity index (χ0v) is 17.2. The van der Waals surface area contributed by atoms with Gasteiger partial charge in [-0.2, -0.15) is 4.99 Å². The quantitative estimate of drug-likeness (QED) is 0.838. The van der Waals surface area contributed by atoms with Crippen LogP contribution in [0.5, 0.6) is 0 Å². The highest BCUT2D eigenvalue weighted by Crippen LogP contribution is 2.37. The molecule has 1 N–H and O–H groups in total. The van der Waals surface area contributed by atoms with Crippen LogP contribution in [0.25, 0.3) is 0 Å². The standard InChI is InChI=1S/C23H27N3O3/c1-16-8-11-26-19(14-16)24-20(27)15-22(26,3)21(28)25-12-9-23(29,10-13-25)18-7-5-4-6-17(18)2/h4-8,11,14,29H,9-10,12-13,15H2,1-3H3/t22-/m1/s1. The van der Waals surface area contributed by atoms with Gasteiger partial charge in [0.2, 0.25) is 5.91 Å². The van der Waals surface area contributed by atoms with E-state index in [4.69, 9.17) is 0 Å². The number of amides is 2. The van der Waals surface area contributed by atoms with Crippen molar-refractivity contribution < 1.29 is 14.7 Å². The first-order valence-corrected chi connectivity index (χ1v) is 10.1. The van der Waals surface area contributed by atoms with Crippen LogP contribution in [0.15, 0.2) is 53.2 Å². The number of likely N-dealkylation sites (tertiary alicyclic amines) is 1. The summed E-state index contributed by atoms with van der Waals surface area (Å²) in [5.74, 6) is 0.146. The third-order valence-electron chi connectivity index (χ3n) is 6.34. The predicted molar refractivity (Wildman–Crippen MR) is 111 cm³/mol. The Labute approximate surface area is 171 Å². The van der Waals surface area contributed by atoms with E-state index in [-0.39, 0.29) is 18.2 Å². The number of carbonyl (C=O) groups is 2. The summed E-state index contributed by atoms with van der Waals surface area (Å²) in [4.78, 5) is 33.5. The van der Waals surface area contributed by atoms with Gasteiger partial charge in [-0.1, -0.05) is 24.3 Å². The highest BCUT2D eigenvalue weighted by Gasteiger charge is 2.48. The van der Waals surface area contributed by atoms with Crippen LogP contribution in [0, 0.1) is 6.92 Å². The monoisotopic (exact) mass is 393 g/mol. The average Bonchev–Trinajstić information content (AvgIpc) is 2.67. The Kier molecular flexibility index (Phi) is 4.69. The summed E-state index contributed by atoms with van der Waals surface area (Å²) in [7, 11) is 0. The van der Waals surface area contributed by atoms with Gasteiger partial charge in [-0.05, 0) is 62.5 Å². The molecule has 3 aliphatic rings. The molecular formula is C23H27N3O3. The van der Waals surface area contributed by atoms with Crippen molar-refractivity contribution in [3.05, 3.63) is 59.3 Å². The summed E-state index contributed by atoms with van der Waals surface area (Å²) >= 11 is 0. The third-order valence-corrected chi connectivity index (χ3v) is 6.34. The second-order valence-electron chi connectivity index (χ2n) is 8.53. The largest absolute Gasteiger partial charge is 0.385 e. The summed E-state index contributed by atoms with van der Waals surface area (Å²) in [6.07, 6.45) is 6.59. The van der Waals surface area contributed by atoms with Gasteiger partial charge < -0.3 is 14.9 Å². The number of allylic oxidation sites excluding steroid dienone is 2. The van der Waals surface area contributed by atoms with Gasteiger partial charge in [-0.3, -0.25) is 9.59 Å². The van der Waals surface area contributed by atoms with Crippen molar-refractivity contribution in [1.82, 2.24) is 9.80 Å². The maximum atomic E-state index is 13.5. The molecule has 1 aromatic carbocycles. The molecule has 1 atom stereocenters. The SMILES string of the molecule is CC1=CC2=NC(=O)C[C@](C)(C(=O)N3CCC(O)(c4ccccc4C)CC3)N2C=C1. The first-order valence-electron chi connectivity index (χ1n) is 10.1. The van der Waals surface area contributed by atoms with Crippen LogP contribution in [-0.4, -0.2) is 51.2 Å². The molecule has 3 heterocycles. The summed E-state index contributed by atoms with van der Waals surface area (Å²) in [5.41, 5.74) is 1.05. The highest BCUT2D eigenvalue weighted by atomic mass is 16.3. The summed E-state index contributed by atoms with van der Waals surface area (Å²) < 4.78 is 0. The van der Waals surface area contributed by atoms with Crippen molar-refractivity contribution in [3.8, 4) is 0 Å². The zero-order valence-electron chi connectivity index (χ0n) is 17.2.